The minimum Gasteiger partial charge on any atom is -0.361 e. The number of hydrogen-bond acceptors (Lipinski definition) is 6. The smallest absolute Gasteiger partial charge is 0.159 e. The standard InChI is InChI=1S/C27H36F2N6/c1-4-10-30-20(3)26-16-32-27(17-31-26)34-13-14-35(22(5-2)19-34)23-8-11-33(12-9-23)18-21-6-7-24(28)25(29)15-21/h4,6-7,10,15-17,22-23,30H,3,5,8-9,11-14,18-19H2,1-2H3/b10-4-. The molecule has 1 aromatic carbocycles. The molecule has 2 saturated heterocycles. The fourth-order valence-corrected chi connectivity index (χ4v) is 5.13. The first-order valence-corrected chi connectivity index (χ1v) is 12.5. The SMILES string of the molecule is C=C(N/C=C\C)c1cnc(N2CCN(C3CCN(Cc4ccc(F)c(F)c4)CC3)C(CC)C2)cn1. The zero-order valence-corrected chi connectivity index (χ0v) is 20.8. The highest BCUT2D eigenvalue weighted by atomic mass is 19.2. The number of likely N-dealkylation sites (tertiary alicyclic amines) is 1. The summed E-state index contributed by atoms with van der Waals surface area (Å²) < 4.78 is 26.8. The van der Waals surface area contributed by atoms with Gasteiger partial charge in [-0.05, 0) is 63.2 Å². The van der Waals surface area contributed by atoms with Gasteiger partial charge in [0, 0.05) is 38.3 Å². The van der Waals surface area contributed by atoms with Crippen molar-refractivity contribution >= 4 is 11.5 Å². The van der Waals surface area contributed by atoms with Crippen LogP contribution >= 0.6 is 0 Å². The predicted octanol–water partition coefficient (Wildman–Crippen LogP) is 4.41. The Labute approximate surface area is 207 Å². The normalized spacial score (nSPS) is 20.5. The predicted molar refractivity (Wildman–Crippen MR) is 137 cm³/mol. The van der Waals surface area contributed by atoms with Crippen LogP contribution in [0.1, 0.15) is 44.4 Å². The molecule has 0 amide bonds. The molecule has 6 nitrogen and oxygen atoms in total. The van der Waals surface area contributed by atoms with Crippen LogP contribution in [-0.4, -0.2) is 64.6 Å². The van der Waals surface area contributed by atoms with Gasteiger partial charge < -0.3 is 10.2 Å². The van der Waals surface area contributed by atoms with Gasteiger partial charge in [-0.1, -0.05) is 25.6 Å². The van der Waals surface area contributed by atoms with Crippen molar-refractivity contribution in [3.05, 3.63) is 72.3 Å². The van der Waals surface area contributed by atoms with Crippen LogP contribution < -0.4 is 10.2 Å². The van der Waals surface area contributed by atoms with E-state index in [9.17, 15) is 8.78 Å². The Morgan fingerprint density at radius 1 is 1.11 bits per heavy atom. The van der Waals surface area contributed by atoms with Crippen LogP contribution in [0.5, 0.6) is 0 Å². The molecule has 2 aliphatic rings. The fourth-order valence-electron chi connectivity index (χ4n) is 5.13. The first-order chi connectivity index (χ1) is 17.0. The number of hydrogen-bond donors (Lipinski definition) is 1. The van der Waals surface area contributed by atoms with Crippen molar-refractivity contribution in [2.24, 2.45) is 0 Å². The van der Waals surface area contributed by atoms with Crippen LogP contribution in [0, 0.1) is 11.6 Å². The zero-order valence-electron chi connectivity index (χ0n) is 20.8. The van der Waals surface area contributed by atoms with E-state index in [-0.39, 0.29) is 0 Å². The van der Waals surface area contributed by atoms with Crippen molar-refractivity contribution in [1.29, 1.82) is 0 Å². The lowest BCUT2D eigenvalue weighted by molar-refractivity contribution is 0.0610. The average Bonchev–Trinajstić information content (AvgIpc) is 2.89. The third-order valence-electron chi connectivity index (χ3n) is 7.11. The molecule has 0 aliphatic carbocycles. The third kappa shape index (κ3) is 6.24. The number of rotatable bonds is 8. The molecule has 1 N–H and O–H groups in total. The minimum atomic E-state index is -0.786. The summed E-state index contributed by atoms with van der Waals surface area (Å²) in [5, 5.41) is 3.09. The molecule has 4 rings (SSSR count). The summed E-state index contributed by atoms with van der Waals surface area (Å²) >= 11 is 0. The van der Waals surface area contributed by atoms with Crippen molar-refractivity contribution in [3.63, 3.8) is 0 Å². The van der Waals surface area contributed by atoms with E-state index in [4.69, 9.17) is 0 Å². The number of piperidine rings is 1. The third-order valence-corrected chi connectivity index (χ3v) is 7.11. The summed E-state index contributed by atoms with van der Waals surface area (Å²) in [7, 11) is 0. The Morgan fingerprint density at radius 2 is 1.91 bits per heavy atom. The molecular weight excluding hydrogens is 446 g/mol. The van der Waals surface area contributed by atoms with Gasteiger partial charge in [0.15, 0.2) is 11.6 Å². The highest BCUT2D eigenvalue weighted by Crippen LogP contribution is 2.26. The van der Waals surface area contributed by atoms with Gasteiger partial charge in [-0.2, -0.15) is 0 Å². The zero-order chi connectivity index (χ0) is 24.8. The van der Waals surface area contributed by atoms with Crippen molar-refractivity contribution in [3.8, 4) is 0 Å². The van der Waals surface area contributed by atoms with Gasteiger partial charge in [-0.15, -0.1) is 0 Å². The van der Waals surface area contributed by atoms with E-state index in [0.717, 1.165) is 74.8 Å². The molecule has 1 aromatic heterocycles. The molecule has 2 fully saturated rings. The first kappa shape index (κ1) is 25.3. The largest absolute Gasteiger partial charge is 0.361 e. The fraction of sp³-hybridized carbons (Fsp3) is 0.481. The second-order valence-electron chi connectivity index (χ2n) is 9.38. The highest BCUT2D eigenvalue weighted by molar-refractivity contribution is 5.59. The lowest BCUT2D eigenvalue weighted by atomic mass is 9.98. The monoisotopic (exact) mass is 482 g/mol. The van der Waals surface area contributed by atoms with E-state index in [1.165, 1.54) is 12.1 Å². The molecule has 3 heterocycles. The number of allylic oxidation sites excluding steroid dienone is 1. The number of anilines is 1. The van der Waals surface area contributed by atoms with Gasteiger partial charge in [0.25, 0.3) is 0 Å². The second kappa shape index (κ2) is 11.7. The topological polar surface area (TPSA) is 47.5 Å². The highest BCUT2D eigenvalue weighted by Gasteiger charge is 2.33. The van der Waals surface area contributed by atoms with Crippen molar-refractivity contribution in [1.82, 2.24) is 25.1 Å². The molecule has 1 atom stereocenters. The number of nitrogens with one attached hydrogen (secondary N) is 1. The molecule has 0 spiro atoms. The summed E-state index contributed by atoms with van der Waals surface area (Å²) in [6.45, 7) is 13.7. The van der Waals surface area contributed by atoms with Crippen LogP contribution in [0.4, 0.5) is 14.6 Å². The van der Waals surface area contributed by atoms with E-state index in [2.05, 4.69) is 43.5 Å². The summed E-state index contributed by atoms with van der Waals surface area (Å²) in [5.74, 6) is -0.645. The number of piperazine rings is 1. The van der Waals surface area contributed by atoms with E-state index in [1.54, 1.807) is 12.3 Å². The minimum absolute atomic E-state index is 0.472. The van der Waals surface area contributed by atoms with E-state index >= 15 is 0 Å². The molecule has 2 aromatic rings. The van der Waals surface area contributed by atoms with Crippen LogP contribution in [0.3, 0.4) is 0 Å². The Kier molecular flexibility index (Phi) is 8.46. The van der Waals surface area contributed by atoms with E-state index in [0.29, 0.717) is 18.6 Å². The van der Waals surface area contributed by atoms with Crippen LogP contribution in [0.2, 0.25) is 0 Å². The van der Waals surface area contributed by atoms with Gasteiger partial charge >= 0.3 is 0 Å². The van der Waals surface area contributed by atoms with Gasteiger partial charge in [-0.3, -0.25) is 9.80 Å². The average molecular weight is 483 g/mol. The Balaban J connectivity index is 1.30. The van der Waals surface area contributed by atoms with E-state index < -0.39 is 11.6 Å². The van der Waals surface area contributed by atoms with Crippen molar-refractivity contribution in [2.75, 3.05) is 37.6 Å². The summed E-state index contributed by atoms with van der Waals surface area (Å²) in [6.07, 6.45) is 10.6. The number of aromatic nitrogens is 2. The molecular formula is C27H36F2N6. The molecule has 0 bridgehead atoms. The van der Waals surface area contributed by atoms with E-state index in [1.807, 2.05) is 25.4 Å². The summed E-state index contributed by atoms with van der Waals surface area (Å²) in [6, 6.07) is 5.24. The van der Waals surface area contributed by atoms with Crippen LogP contribution in [-0.2, 0) is 6.54 Å². The maximum Gasteiger partial charge on any atom is 0.159 e. The van der Waals surface area contributed by atoms with Gasteiger partial charge in [0.2, 0.25) is 0 Å². The van der Waals surface area contributed by atoms with Gasteiger partial charge in [-0.25, -0.2) is 18.7 Å². The van der Waals surface area contributed by atoms with Crippen LogP contribution in [0.15, 0.2) is 49.4 Å². The Morgan fingerprint density at radius 3 is 2.57 bits per heavy atom. The van der Waals surface area contributed by atoms with Gasteiger partial charge in [0.05, 0.1) is 18.1 Å². The Hall–Kier alpha value is -2.84. The quantitative estimate of drug-likeness (QED) is 0.601. The van der Waals surface area contributed by atoms with Crippen molar-refractivity contribution in [2.45, 2.75) is 51.7 Å². The Bertz CT molecular complexity index is 1020. The maximum atomic E-state index is 13.6. The molecule has 8 heteroatoms. The second-order valence-corrected chi connectivity index (χ2v) is 9.38. The van der Waals surface area contributed by atoms with Crippen LogP contribution in [0.25, 0.3) is 5.70 Å². The van der Waals surface area contributed by atoms with Crippen molar-refractivity contribution < 1.29 is 8.78 Å². The molecule has 35 heavy (non-hydrogen) atoms. The molecule has 0 radical (unpaired) electrons. The molecule has 2 aliphatic heterocycles. The molecule has 0 saturated carbocycles. The lowest BCUT2D eigenvalue weighted by Crippen LogP contribution is -2.58. The lowest BCUT2D eigenvalue weighted by Gasteiger charge is -2.47. The number of benzene rings is 1. The number of nitrogens with zero attached hydrogens (tertiary/aromatic N) is 5. The van der Waals surface area contributed by atoms with Gasteiger partial charge in [0.1, 0.15) is 11.5 Å². The first-order valence-electron chi connectivity index (χ1n) is 12.5. The summed E-state index contributed by atoms with van der Waals surface area (Å²) in [4.78, 5) is 16.6. The number of halogens is 2. The summed E-state index contributed by atoms with van der Waals surface area (Å²) in [5.41, 5.74) is 2.30. The molecule has 188 valence electrons. The maximum absolute atomic E-state index is 13.6. The molecule has 1 unspecified atom stereocenters.